The van der Waals surface area contributed by atoms with Gasteiger partial charge in [-0.3, -0.25) is 4.79 Å². The van der Waals surface area contributed by atoms with Gasteiger partial charge in [0.15, 0.2) is 0 Å². The summed E-state index contributed by atoms with van der Waals surface area (Å²) in [4.78, 5) is 12.1. The van der Waals surface area contributed by atoms with Crippen LogP contribution in [0.15, 0.2) is 6.07 Å². The van der Waals surface area contributed by atoms with Crippen LogP contribution in [-0.2, 0) is 0 Å². The number of hydrogen-bond acceptors (Lipinski definition) is 3. The molecular weight excluding hydrogens is 250 g/mol. The van der Waals surface area contributed by atoms with Crippen LogP contribution in [-0.4, -0.2) is 28.5 Å². The van der Waals surface area contributed by atoms with Crippen molar-refractivity contribution in [3.8, 4) is 0 Å². The first kappa shape index (κ1) is 14.9. The first-order valence-corrected chi connectivity index (χ1v) is 6.54. The van der Waals surface area contributed by atoms with E-state index < -0.39 is 0 Å². The van der Waals surface area contributed by atoms with Crippen LogP contribution in [0.1, 0.15) is 42.0 Å². The van der Waals surface area contributed by atoms with E-state index in [4.69, 9.17) is 11.6 Å². The molecule has 1 heterocycles. The molecule has 0 aromatic carbocycles. The first-order chi connectivity index (χ1) is 8.35. The molecule has 1 aromatic heterocycles. The third-order valence-electron chi connectivity index (χ3n) is 2.84. The molecule has 0 atom stereocenters. The lowest BCUT2D eigenvalue weighted by molar-refractivity contribution is 0.0934. The molecule has 0 aliphatic rings. The Morgan fingerprint density at radius 1 is 1.39 bits per heavy atom. The zero-order valence-electron chi connectivity index (χ0n) is 11.4. The second-order valence-electron chi connectivity index (χ2n) is 5.27. The molecule has 1 N–H and O–H groups in total. The van der Waals surface area contributed by atoms with Crippen molar-refractivity contribution in [2.45, 2.75) is 34.1 Å². The number of alkyl halides is 1. The Hall–Kier alpha value is -1.16. The van der Waals surface area contributed by atoms with Crippen molar-refractivity contribution in [3.63, 3.8) is 0 Å². The Balaban J connectivity index is 2.69. The zero-order chi connectivity index (χ0) is 13.8. The smallest absolute Gasteiger partial charge is 0.253 e. The van der Waals surface area contributed by atoms with E-state index in [9.17, 15) is 4.79 Å². The fourth-order valence-corrected chi connectivity index (χ4v) is 2.05. The van der Waals surface area contributed by atoms with Gasteiger partial charge in [-0.25, -0.2) is 0 Å². The number of amides is 1. The summed E-state index contributed by atoms with van der Waals surface area (Å²) < 4.78 is 0. The Labute approximate surface area is 113 Å². The van der Waals surface area contributed by atoms with E-state index in [1.165, 1.54) is 0 Å². The maximum atomic E-state index is 12.1. The maximum Gasteiger partial charge on any atom is 0.253 e. The monoisotopic (exact) mass is 269 g/mol. The molecule has 0 radical (unpaired) electrons. The lowest BCUT2D eigenvalue weighted by Gasteiger charge is -2.23. The molecule has 0 saturated carbocycles. The van der Waals surface area contributed by atoms with Gasteiger partial charge in [0.05, 0.1) is 17.0 Å². The molecule has 0 unspecified atom stereocenters. The van der Waals surface area contributed by atoms with Gasteiger partial charge in [-0.05, 0) is 31.7 Å². The molecule has 100 valence electrons. The molecule has 0 fully saturated rings. The number of nitrogens with zero attached hydrogens (tertiary/aromatic N) is 2. The molecule has 18 heavy (non-hydrogen) atoms. The molecular formula is C13H20ClN3O. The minimum absolute atomic E-state index is 0.000812. The van der Waals surface area contributed by atoms with Crippen LogP contribution in [0.2, 0.25) is 0 Å². The van der Waals surface area contributed by atoms with Gasteiger partial charge in [0.2, 0.25) is 0 Å². The van der Waals surface area contributed by atoms with Crippen molar-refractivity contribution in [3.05, 3.63) is 23.0 Å². The third-order valence-corrected chi connectivity index (χ3v) is 3.03. The SMILES string of the molecule is Cc1cc(C(=O)NCC(C)(C)CCCl)c(C)nn1. The summed E-state index contributed by atoms with van der Waals surface area (Å²) in [6.45, 7) is 8.36. The highest BCUT2D eigenvalue weighted by molar-refractivity contribution is 6.17. The summed E-state index contributed by atoms with van der Waals surface area (Å²) in [6.07, 6.45) is 0.863. The quantitative estimate of drug-likeness (QED) is 0.836. The summed E-state index contributed by atoms with van der Waals surface area (Å²) in [6, 6.07) is 1.76. The van der Waals surface area contributed by atoms with Gasteiger partial charge in [0, 0.05) is 12.4 Å². The molecule has 0 saturated heterocycles. The van der Waals surface area contributed by atoms with Crippen LogP contribution in [0.3, 0.4) is 0 Å². The number of halogens is 1. The van der Waals surface area contributed by atoms with Crippen LogP contribution in [0.5, 0.6) is 0 Å². The van der Waals surface area contributed by atoms with Gasteiger partial charge in [-0.2, -0.15) is 10.2 Å². The third kappa shape index (κ3) is 4.26. The summed E-state index contributed by atoms with van der Waals surface area (Å²) in [5.41, 5.74) is 1.98. The predicted octanol–water partition coefficient (Wildman–Crippen LogP) is 2.48. The number of aromatic nitrogens is 2. The van der Waals surface area contributed by atoms with Crippen LogP contribution < -0.4 is 5.32 Å². The molecule has 0 aliphatic heterocycles. The van der Waals surface area contributed by atoms with E-state index >= 15 is 0 Å². The highest BCUT2D eigenvalue weighted by atomic mass is 35.5. The van der Waals surface area contributed by atoms with E-state index in [0.717, 1.165) is 12.1 Å². The average molecular weight is 270 g/mol. The van der Waals surface area contributed by atoms with E-state index in [1.54, 1.807) is 13.0 Å². The number of nitrogens with one attached hydrogen (secondary N) is 1. The van der Waals surface area contributed by atoms with Crippen LogP contribution >= 0.6 is 11.6 Å². The van der Waals surface area contributed by atoms with Gasteiger partial charge in [-0.1, -0.05) is 13.8 Å². The second-order valence-corrected chi connectivity index (χ2v) is 5.65. The highest BCUT2D eigenvalue weighted by Gasteiger charge is 2.19. The Morgan fingerprint density at radius 3 is 2.67 bits per heavy atom. The molecule has 1 amide bonds. The standard InChI is InChI=1S/C13H20ClN3O/c1-9-7-11(10(2)17-16-9)12(18)15-8-13(3,4)5-6-14/h7H,5-6,8H2,1-4H3,(H,15,18). The Kier molecular flexibility index (Phi) is 5.08. The summed E-state index contributed by atoms with van der Waals surface area (Å²) in [7, 11) is 0. The normalized spacial score (nSPS) is 11.4. The van der Waals surface area contributed by atoms with E-state index in [-0.39, 0.29) is 11.3 Å². The van der Waals surface area contributed by atoms with Crippen molar-refractivity contribution < 1.29 is 4.79 Å². The lowest BCUT2D eigenvalue weighted by atomic mass is 9.90. The van der Waals surface area contributed by atoms with Crippen LogP contribution in [0.25, 0.3) is 0 Å². The van der Waals surface area contributed by atoms with E-state index in [2.05, 4.69) is 29.4 Å². The van der Waals surface area contributed by atoms with Gasteiger partial charge in [-0.15, -0.1) is 11.6 Å². The topological polar surface area (TPSA) is 54.9 Å². The van der Waals surface area contributed by atoms with Crippen molar-refractivity contribution in [2.75, 3.05) is 12.4 Å². The summed E-state index contributed by atoms with van der Waals surface area (Å²) in [5, 5.41) is 10.8. The number of rotatable bonds is 5. The van der Waals surface area contributed by atoms with Crippen molar-refractivity contribution in [1.29, 1.82) is 0 Å². The number of carbonyl (C=O) groups excluding carboxylic acids is 1. The van der Waals surface area contributed by atoms with Gasteiger partial charge < -0.3 is 5.32 Å². The number of carbonyl (C=O) groups is 1. The molecule has 1 rings (SSSR count). The lowest BCUT2D eigenvalue weighted by Crippen LogP contribution is -2.34. The van der Waals surface area contributed by atoms with Crippen molar-refractivity contribution in [1.82, 2.24) is 15.5 Å². The van der Waals surface area contributed by atoms with Gasteiger partial charge >= 0.3 is 0 Å². The van der Waals surface area contributed by atoms with Crippen molar-refractivity contribution >= 4 is 17.5 Å². The van der Waals surface area contributed by atoms with Gasteiger partial charge in [0.25, 0.3) is 5.91 Å². The Bertz CT molecular complexity index is 432. The molecule has 0 bridgehead atoms. The van der Waals surface area contributed by atoms with Crippen LogP contribution in [0.4, 0.5) is 0 Å². The molecule has 0 aliphatic carbocycles. The van der Waals surface area contributed by atoms with Gasteiger partial charge in [0.1, 0.15) is 0 Å². The summed E-state index contributed by atoms with van der Waals surface area (Å²) >= 11 is 5.73. The van der Waals surface area contributed by atoms with E-state index in [0.29, 0.717) is 23.7 Å². The minimum Gasteiger partial charge on any atom is -0.351 e. The average Bonchev–Trinajstić information content (AvgIpc) is 2.29. The minimum atomic E-state index is -0.104. The molecule has 1 aromatic rings. The molecule has 4 nitrogen and oxygen atoms in total. The fraction of sp³-hybridized carbons (Fsp3) is 0.615. The second kappa shape index (κ2) is 6.14. The maximum absolute atomic E-state index is 12.1. The fourth-order valence-electron chi connectivity index (χ4n) is 1.54. The van der Waals surface area contributed by atoms with Crippen molar-refractivity contribution in [2.24, 2.45) is 5.41 Å². The number of aryl methyl sites for hydroxylation is 2. The predicted molar refractivity (Wildman–Crippen MR) is 73.0 cm³/mol. The molecule has 5 heteroatoms. The largest absolute Gasteiger partial charge is 0.351 e. The Morgan fingerprint density at radius 2 is 2.06 bits per heavy atom. The van der Waals surface area contributed by atoms with Crippen LogP contribution in [0, 0.1) is 19.3 Å². The number of hydrogen-bond donors (Lipinski definition) is 1. The zero-order valence-corrected chi connectivity index (χ0v) is 12.1. The summed E-state index contributed by atoms with van der Waals surface area (Å²) in [5.74, 6) is 0.491. The van der Waals surface area contributed by atoms with E-state index in [1.807, 2.05) is 6.92 Å². The highest BCUT2D eigenvalue weighted by Crippen LogP contribution is 2.19. The first-order valence-electron chi connectivity index (χ1n) is 6.01. The molecule has 0 spiro atoms.